The summed E-state index contributed by atoms with van der Waals surface area (Å²) in [4.78, 5) is 4.21. The van der Waals surface area contributed by atoms with Crippen molar-refractivity contribution >= 4 is 21.5 Å². The van der Waals surface area contributed by atoms with Gasteiger partial charge in [-0.05, 0) is 73.8 Å². The monoisotopic (exact) mass is 428 g/mol. The van der Waals surface area contributed by atoms with Crippen molar-refractivity contribution < 1.29 is 13.5 Å². The van der Waals surface area contributed by atoms with Crippen molar-refractivity contribution in [2.24, 2.45) is 0 Å². The van der Waals surface area contributed by atoms with Crippen LogP contribution in [0.3, 0.4) is 0 Å². The number of anilines is 2. The highest BCUT2D eigenvalue weighted by atomic mass is 32.2. The second-order valence-corrected chi connectivity index (χ2v) is 9.86. The van der Waals surface area contributed by atoms with Gasteiger partial charge in [-0.1, -0.05) is 6.07 Å². The molecule has 3 N–H and O–H groups in total. The molecule has 0 fully saturated rings. The normalized spacial score (nSPS) is 16.5. The lowest BCUT2D eigenvalue weighted by Gasteiger charge is -2.15. The highest BCUT2D eigenvalue weighted by molar-refractivity contribution is 7.91. The number of aliphatic hydroxyl groups excluding tert-OH is 1. The molecule has 0 radical (unpaired) electrons. The number of aromatic amines is 1. The molecule has 1 atom stereocenters. The Morgan fingerprint density at radius 1 is 1.20 bits per heavy atom. The topological polar surface area (TPSA) is 126 Å². The first-order valence-corrected chi connectivity index (χ1v) is 11.7. The Hall–Kier alpha value is -2.72. The maximum atomic E-state index is 12.9. The molecule has 0 aliphatic heterocycles. The van der Waals surface area contributed by atoms with Crippen molar-refractivity contribution in [3.8, 4) is 0 Å². The lowest BCUT2D eigenvalue weighted by molar-refractivity contribution is 0.168. The van der Waals surface area contributed by atoms with Crippen LogP contribution in [0.1, 0.15) is 42.0 Å². The summed E-state index contributed by atoms with van der Waals surface area (Å²) >= 11 is 0. The number of benzene rings is 1. The summed E-state index contributed by atoms with van der Waals surface area (Å²) in [5, 5.41) is 23.1. The minimum Gasteiger partial charge on any atom is -0.391 e. The molecule has 30 heavy (non-hydrogen) atoms. The molecule has 0 bridgehead atoms. The van der Waals surface area contributed by atoms with Gasteiger partial charge in [0.2, 0.25) is 5.95 Å². The van der Waals surface area contributed by atoms with Crippen molar-refractivity contribution in [2.45, 2.75) is 68.3 Å². The Labute approximate surface area is 174 Å². The molecule has 9 nitrogen and oxygen atoms in total. The van der Waals surface area contributed by atoms with E-state index >= 15 is 0 Å². The van der Waals surface area contributed by atoms with Crippen molar-refractivity contribution in [3.63, 3.8) is 0 Å². The Morgan fingerprint density at radius 2 is 1.90 bits per heavy atom. The molecule has 2 heterocycles. The lowest BCUT2D eigenvalue weighted by atomic mass is 9.99. The van der Waals surface area contributed by atoms with Gasteiger partial charge >= 0.3 is 0 Å². The molecule has 0 spiro atoms. The molecule has 2 aliphatic rings. The standard InChI is InChI=1S/C20H24N6O3S/c1-12(27)11-26-9-8-17(25-26)30(28,29)20-22-19(23-24-20)21-18-15-6-2-4-13(15)10-14-5-3-7-16(14)18/h8-10,12,27H,2-7,11H2,1H3,(H2,21,22,23,24). The average molecular weight is 429 g/mol. The van der Waals surface area contributed by atoms with Crippen LogP contribution in [-0.2, 0) is 42.1 Å². The zero-order chi connectivity index (χ0) is 20.9. The molecule has 158 valence electrons. The summed E-state index contributed by atoms with van der Waals surface area (Å²) in [6.07, 6.45) is 7.36. The van der Waals surface area contributed by atoms with Crippen LogP contribution in [-0.4, -0.2) is 44.6 Å². The number of sulfone groups is 1. The summed E-state index contributed by atoms with van der Waals surface area (Å²) in [7, 11) is -3.93. The number of hydrogen-bond acceptors (Lipinski definition) is 7. The van der Waals surface area contributed by atoms with Crippen LogP contribution >= 0.6 is 0 Å². The van der Waals surface area contributed by atoms with E-state index < -0.39 is 15.9 Å². The first kappa shape index (κ1) is 19.3. The fourth-order valence-electron chi connectivity index (χ4n) is 4.46. The van der Waals surface area contributed by atoms with Gasteiger partial charge < -0.3 is 10.4 Å². The first-order chi connectivity index (χ1) is 14.4. The number of hydrogen-bond donors (Lipinski definition) is 3. The van der Waals surface area contributed by atoms with Gasteiger partial charge in [-0.2, -0.15) is 10.1 Å². The van der Waals surface area contributed by atoms with Gasteiger partial charge in [-0.25, -0.2) is 13.5 Å². The SMILES string of the molecule is CC(O)Cn1ccc(S(=O)(=O)c2nc(Nc3c4c(cc5c3CCC5)CCC4)n[nH]2)n1. The Morgan fingerprint density at radius 3 is 2.57 bits per heavy atom. The fourth-order valence-corrected chi connectivity index (χ4v) is 5.48. The number of aliphatic hydroxyl groups is 1. The summed E-state index contributed by atoms with van der Waals surface area (Å²) in [6.45, 7) is 1.82. The van der Waals surface area contributed by atoms with E-state index in [9.17, 15) is 13.5 Å². The Kier molecular flexibility index (Phi) is 4.62. The van der Waals surface area contributed by atoms with E-state index in [1.54, 1.807) is 6.92 Å². The third-order valence-corrected chi connectivity index (χ3v) is 7.23. The highest BCUT2D eigenvalue weighted by Crippen LogP contribution is 2.39. The average Bonchev–Trinajstić information content (AvgIpc) is 3.47. The summed E-state index contributed by atoms with van der Waals surface area (Å²) in [6, 6.07) is 3.73. The van der Waals surface area contributed by atoms with E-state index in [1.165, 1.54) is 39.2 Å². The predicted octanol–water partition coefficient (Wildman–Crippen LogP) is 1.94. The quantitative estimate of drug-likeness (QED) is 0.548. The third kappa shape index (κ3) is 3.29. The number of aromatic nitrogens is 5. The summed E-state index contributed by atoms with van der Waals surface area (Å²) in [5.41, 5.74) is 6.43. The number of aryl methyl sites for hydroxylation is 2. The van der Waals surface area contributed by atoms with Gasteiger partial charge in [0.15, 0.2) is 5.03 Å². The minimum atomic E-state index is -3.93. The maximum absolute atomic E-state index is 12.9. The number of nitrogens with one attached hydrogen (secondary N) is 2. The van der Waals surface area contributed by atoms with Crippen LogP contribution in [0.4, 0.5) is 11.6 Å². The van der Waals surface area contributed by atoms with Gasteiger partial charge in [0.25, 0.3) is 15.0 Å². The number of fused-ring (bicyclic) bond motifs is 2. The summed E-state index contributed by atoms with van der Waals surface area (Å²) < 4.78 is 27.1. The molecule has 0 saturated carbocycles. The van der Waals surface area contributed by atoms with E-state index in [0.717, 1.165) is 44.2 Å². The molecule has 2 aliphatic carbocycles. The predicted molar refractivity (Wildman–Crippen MR) is 110 cm³/mol. The van der Waals surface area contributed by atoms with E-state index in [2.05, 4.69) is 31.7 Å². The fraction of sp³-hybridized carbons (Fsp3) is 0.450. The van der Waals surface area contributed by atoms with Gasteiger partial charge in [0.1, 0.15) is 0 Å². The molecular weight excluding hydrogens is 404 g/mol. The van der Waals surface area contributed by atoms with E-state index in [-0.39, 0.29) is 22.7 Å². The number of nitrogens with zero attached hydrogens (tertiary/aromatic N) is 4. The van der Waals surface area contributed by atoms with E-state index in [0.29, 0.717) is 0 Å². The van der Waals surface area contributed by atoms with Gasteiger partial charge in [0.05, 0.1) is 12.6 Å². The summed E-state index contributed by atoms with van der Waals surface area (Å²) in [5.74, 6) is 0.242. The van der Waals surface area contributed by atoms with Crippen LogP contribution in [0.15, 0.2) is 28.5 Å². The second-order valence-electron chi connectivity index (χ2n) is 8.05. The van der Waals surface area contributed by atoms with E-state index in [4.69, 9.17) is 0 Å². The second kappa shape index (κ2) is 7.21. The van der Waals surface area contributed by atoms with Crippen molar-refractivity contribution in [1.29, 1.82) is 0 Å². The Balaban J connectivity index is 1.44. The van der Waals surface area contributed by atoms with Crippen LogP contribution in [0.25, 0.3) is 0 Å². The number of H-pyrrole nitrogens is 1. The van der Waals surface area contributed by atoms with E-state index in [1.807, 2.05) is 0 Å². The van der Waals surface area contributed by atoms with Crippen LogP contribution in [0.5, 0.6) is 0 Å². The van der Waals surface area contributed by atoms with Gasteiger partial charge in [-0.3, -0.25) is 4.68 Å². The van der Waals surface area contributed by atoms with Crippen molar-refractivity contribution in [1.82, 2.24) is 25.0 Å². The van der Waals surface area contributed by atoms with Crippen molar-refractivity contribution in [3.05, 3.63) is 40.6 Å². The minimum absolute atomic E-state index is 0.132. The van der Waals surface area contributed by atoms with Crippen LogP contribution in [0, 0.1) is 0 Å². The van der Waals surface area contributed by atoms with Gasteiger partial charge in [-0.15, -0.1) is 5.10 Å². The lowest BCUT2D eigenvalue weighted by Crippen LogP contribution is -2.13. The maximum Gasteiger partial charge on any atom is 0.260 e. The molecule has 0 amide bonds. The molecular formula is C20H24N6O3S. The van der Waals surface area contributed by atoms with Gasteiger partial charge in [0, 0.05) is 11.9 Å². The molecule has 5 rings (SSSR count). The smallest absolute Gasteiger partial charge is 0.260 e. The number of rotatable bonds is 6. The molecule has 2 aromatic heterocycles. The van der Waals surface area contributed by atoms with Crippen LogP contribution in [0.2, 0.25) is 0 Å². The van der Waals surface area contributed by atoms with Crippen molar-refractivity contribution in [2.75, 3.05) is 5.32 Å². The molecule has 1 unspecified atom stereocenters. The molecule has 0 saturated heterocycles. The Bertz CT molecular complexity index is 1180. The zero-order valence-electron chi connectivity index (χ0n) is 16.7. The van der Waals surface area contributed by atoms with Crippen LogP contribution < -0.4 is 5.32 Å². The largest absolute Gasteiger partial charge is 0.391 e. The zero-order valence-corrected chi connectivity index (χ0v) is 17.5. The molecule has 1 aromatic carbocycles. The highest BCUT2D eigenvalue weighted by Gasteiger charge is 2.28. The third-order valence-electron chi connectivity index (χ3n) is 5.77. The molecule has 10 heteroatoms. The first-order valence-electron chi connectivity index (χ1n) is 10.2. The molecule has 3 aromatic rings.